The second-order valence-corrected chi connectivity index (χ2v) is 4.12. The smallest absolute Gasteiger partial charge is 0.175 e. The lowest BCUT2D eigenvalue weighted by Gasteiger charge is -2.11. The molecule has 1 aromatic carbocycles. The van der Waals surface area contributed by atoms with Crippen molar-refractivity contribution in [2.24, 2.45) is 0 Å². The second-order valence-electron chi connectivity index (χ2n) is 4.12. The molecule has 2 aromatic rings. The summed E-state index contributed by atoms with van der Waals surface area (Å²) in [6.07, 6.45) is 8.18. The molecule has 0 spiro atoms. The summed E-state index contributed by atoms with van der Waals surface area (Å²) in [7, 11) is 4.09. The van der Waals surface area contributed by atoms with Gasteiger partial charge in [0.25, 0.3) is 0 Å². The number of aromatic nitrogens is 1. The molecule has 1 aromatic heterocycles. The summed E-state index contributed by atoms with van der Waals surface area (Å²) in [5.74, 6) is 0. The van der Waals surface area contributed by atoms with Gasteiger partial charge in [-0.05, 0) is 17.7 Å². The molecule has 0 saturated heterocycles. The minimum Gasteiger partial charge on any atom is -1.00 e. The Morgan fingerprint density at radius 1 is 0.944 bits per heavy atom. The molecule has 94 valence electrons. The van der Waals surface area contributed by atoms with Crippen molar-refractivity contribution in [2.45, 2.75) is 0 Å². The summed E-state index contributed by atoms with van der Waals surface area (Å²) in [5.41, 5.74) is 2.42. The molecular formula is C15H17ClN2. The average Bonchev–Trinajstić information content (AvgIpc) is 2.38. The van der Waals surface area contributed by atoms with Crippen LogP contribution in [-0.4, -0.2) is 14.1 Å². The van der Waals surface area contributed by atoms with Crippen molar-refractivity contribution in [3.63, 3.8) is 0 Å². The molecule has 0 atom stereocenters. The monoisotopic (exact) mass is 260 g/mol. The molecule has 0 fully saturated rings. The highest BCUT2D eigenvalue weighted by Gasteiger charge is 1.95. The van der Waals surface area contributed by atoms with E-state index in [-0.39, 0.29) is 12.4 Å². The molecule has 0 aliphatic rings. The van der Waals surface area contributed by atoms with Crippen LogP contribution in [0.5, 0.6) is 0 Å². The van der Waals surface area contributed by atoms with Crippen LogP contribution in [0.3, 0.4) is 0 Å². The first-order valence-corrected chi connectivity index (χ1v) is 5.67. The number of hydrogen-bond acceptors (Lipinski definition) is 1. The number of anilines is 1. The van der Waals surface area contributed by atoms with Gasteiger partial charge in [0.1, 0.15) is 0 Å². The van der Waals surface area contributed by atoms with Gasteiger partial charge in [0.05, 0.1) is 0 Å². The van der Waals surface area contributed by atoms with E-state index in [1.165, 1.54) is 11.3 Å². The normalized spacial score (nSPS) is 10.1. The molecule has 3 heteroatoms. The lowest BCUT2D eigenvalue weighted by Crippen LogP contribution is -3.00. The van der Waals surface area contributed by atoms with E-state index in [2.05, 4.69) is 35.2 Å². The Balaban J connectivity index is 0.00000162. The SMILES string of the molecule is CN(C)c1ccc(C=C[n+]2ccccc2)cc1.[Cl-]. The number of nitrogens with zero attached hydrogens (tertiary/aromatic N) is 2. The van der Waals surface area contributed by atoms with Crippen molar-refractivity contribution in [3.8, 4) is 0 Å². The molecule has 0 radical (unpaired) electrons. The third kappa shape index (κ3) is 3.90. The molecule has 2 nitrogen and oxygen atoms in total. The Hall–Kier alpha value is -1.80. The average molecular weight is 261 g/mol. The molecule has 0 aliphatic carbocycles. The highest BCUT2D eigenvalue weighted by atomic mass is 35.5. The van der Waals surface area contributed by atoms with Crippen LogP contribution in [0.4, 0.5) is 5.69 Å². The largest absolute Gasteiger partial charge is 1.00 e. The minimum absolute atomic E-state index is 0. The number of rotatable bonds is 3. The van der Waals surface area contributed by atoms with Crippen molar-refractivity contribution in [1.82, 2.24) is 0 Å². The molecule has 0 saturated carbocycles. The van der Waals surface area contributed by atoms with Gasteiger partial charge in [-0.3, -0.25) is 0 Å². The van der Waals surface area contributed by atoms with Crippen LogP contribution in [0.15, 0.2) is 54.9 Å². The molecule has 2 rings (SSSR count). The number of pyridine rings is 1. The summed E-state index contributed by atoms with van der Waals surface area (Å²) in [6.45, 7) is 0. The van der Waals surface area contributed by atoms with Crippen LogP contribution < -0.4 is 21.9 Å². The van der Waals surface area contributed by atoms with Crippen molar-refractivity contribution in [1.29, 1.82) is 0 Å². The van der Waals surface area contributed by atoms with Gasteiger partial charge in [-0.15, -0.1) is 0 Å². The van der Waals surface area contributed by atoms with Gasteiger partial charge in [0.15, 0.2) is 18.6 Å². The van der Waals surface area contributed by atoms with Gasteiger partial charge < -0.3 is 17.3 Å². The van der Waals surface area contributed by atoms with E-state index in [1.807, 2.05) is 55.5 Å². The van der Waals surface area contributed by atoms with Crippen LogP contribution in [0.1, 0.15) is 5.56 Å². The first kappa shape index (κ1) is 14.3. The van der Waals surface area contributed by atoms with Gasteiger partial charge >= 0.3 is 0 Å². The van der Waals surface area contributed by atoms with Gasteiger partial charge in [-0.1, -0.05) is 18.2 Å². The summed E-state index contributed by atoms with van der Waals surface area (Å²) >= 11 is 0. The first-order valence-electron chi connectivity index (χ1n) is 5.67. The van der Waals surface area contributed by atoms with Crippen molar-refractivity contribution in [2.75, 3.05) is 19.0 Å². The van der Waals surface area contributed by atoms with E-state index in [4.69, 9.17) is 0 Å². The maximum absolute atomic E-state index is 2.12. The lowest BCUT2D eigenvalue weighted by molar-refractivity contribution is -0.567. The van der Waals surface area contributed by atoms with Crippen molar-refractivity contribution < 1.29 is 17.0 Å². The maximum Gasteiger partial charge on any atom is 0.175 e. The molecule has 18 heavy (non-hydrogen) atoms. The highest BCUT2D eigenvalue weighted by molar-refractivity contribution is 5.60. The van der Waals surface area contributed by atoms with Crippen LogP contribution in [0.25, 0.3) is 12.3 Å². The van der Waals surface area contributed by atoms with Crippen LogP contribution in [0, 0.1) is 0 Å². The third-order valence-corrected chi connectivity index (χ3v) is 2.59. The molecule has 0 unspecified atom stereocenters. The molecular weight excluding hydrogens is 244 g/mol. The molecule has 0 N–H and O–H groups in total. The zero-order chi connectivity index (χ0) is 12.1. The number of halogens is 1. The zero-order valence-electron chi connectivity index (χ0n) is 10.6. The van der Waals surface area contributed by atoms with E-state index in [1.54, 1.807) is 0 Å². The quantitative estimate of drug-likeness (QED) is 0.686. The van der Waals surface area contributed by atoms with E-state index < -0.39 is 0 Å². The highest BCUT2D eigenvalue weighted by Crippen LogP contribution is 2.12. The standard InChI is InChI=1S/C15H17N2.ClH/c1-16(2)15-8-6-14(7-9-15)10-13-17-11-4-3-5-12-17;/h3-13H,1-2H3;1H/q+1;/p-1. The van der Waals surface area contributed by atoms with Crippen LogP contribution >= 0.6 is 0 Å². The molecule has 0 aliphatic heterocycles. The summed E-state index contributed by atoms with van der Waals surface area (Å²) in [6, 6.07) is 14.5. The van der Waals surface area contributed by atoms with Crippen LogP contribution in [-0.2, 0) is 0 Å². The molecule has 0 amide bonds. The molecule has 0 bridgehead atoms. The second kappa shape index (κ2) is 6.82. The van der Waals surface area contributed by atoms with E-state index in [9.17, 15) is 0 Å². The van der Waals surface area contributed by atoms with E-state index in [0.29, 0.717) is 0 Å². The molecule has 1 heterocycles. The number of benzene rings is 1. The van der Waals surface area contributed by atoms with Crippen molar-refractivity contribution in [3.05, 3.63) is 60.4 Å². The topological polar surface area (TPSA) is 7.12 Å². The Labute approximate surface area is 115 Å². The maximum atomic E-state index is 2.12. The predicted octanol–water partition coefficient (Wildman–Crippen LogP) is -0.328. The fourth-order valence-corrected chi connectivity index (χ4v) is 1.57. The Morgan fingerprint density at radius 2 is 1.56 bits per heavy atom. The van der Waals surface area contributed by atoms with Gasteiger partial charge in [0.2, 0.25) is 0 Å². The predicted molar refractivity (Wildman–Crippen MR) is 72.6 cm³/mol. The lowest BCUT2D eigenvalue weighted by atomic mass is 10.2. The van der Waals surface area contributed by atoms with E-state index in [0.717, 1.165) is 0 Å². The van der Waals surface area contributed by atoms with Crippen molar-refractivity contribution >= 4 is 18.0 Å². The summed E-state index contributed by atoms with van der Waals surface area (Å²) < 4.78 is 2.03. The van der Waals surface area contributed by atoms with Gasteiger partial charge in [-0.2, -0.15) is 4.57 Å². The van der Waals surface area contributed by atoms with Gasteiger partial charge in [-0.25, -0.2) is 0 Å². The Morgan fingerprint density at radius 3 is 2.11 bits per heavy atom. The number of hydrogen-bond donors (Lipinski definition) is 0. The minimum atomic E-state index is 0. The van der Waals surface area contributed by atoms with Gasteiger partial charge in [0, 0.05) is 38.0 Å². The fraction of sp³-hybridized carbons (Fsp3) is 0.133. The Kier molecular flexibility index (Phi) is 5.40. The summed E-state index contributed by atoms with van der Waals surface area (Å²) in [5, 5.41) is 0. The first-order chi connectivity index (χ1) is 8.25. The zero-order valence-corrected chi connectivity index (χ0v) is 11.4. The fourth-order valence-electron chi connectivity index (χ4n) is 1.57. The third-order valence-electron chi connectivity index (χ3n) is 2.59. The van der Waals surface area contributed by atoms with E-state index >= 15 is 0 Å². The Bertz CT molecular complexity index is 490. The van der Waals surface area contributed by atoms with Crippen LogP contribution in [0.2, 0.25) is 0 Å². The summed E-state index contributed by atoms with van der Waals surface area (Å²) in [4.78, 5) is 2.10.